The molecule has 0 aromatic heterocycles. The number of carbonyl (C=O) groups is 1. The lowest BCUT2D eigenvalue weighted by Crippen LogP contribution is -2.38. The molecule has 1 saturated heterocycles. The van der Waals surface area contributed by atoms with Gasteiger partial charge in [-0.2, -0.15) is 5.26 Å². The number of morpholine rings is 1. The van der Waals surface area contributed by atoms with Crippen molar-refractivity contribution in [2.75, 3.05) is 57.6 Å². The van der Waals surface area contributed by atoms with Gasteiger partial charge in [0.25, 0.3) is 0 Å². The van der Waals surface area contributed by atoms with E-state index in [1.165, 1.54) is 15.5 Å². The summed E-state index contributed by atoms with van der Waals surface area (Å²) in [6, 6.07) is 22.8. The second-order valence-corrected chi connectivity index (χ2v) is 11.7. The first-order valence-electron chi connectivity index (χ1n) is 13.6. The molecule has 216 valence electrons. The van der Waals surface area contributed by atoms with Crippen molar-refractivity contribution in [1.29, 1.82) is 5.26 Å². The molecular weight excluding hydrogens is 556 g/mol. The molecule has 3 aromatic carbocycles. The summed E-state index contributed by atoms with van der Waals surface area (Å²) in [5, 5.41) is 15.4. The SMILES string of the molecule is CCSc1ccc(C(C=O)Oc2ccc(C#N)cc2)cc1.CNC1Nc2ccc(OCCN3CCOCC3)cc2S1. The molecule has 0 spiro atoms. The van der Waals surface area contributed by atoms with Crippen LogP contribution in [-0.2, 0) is 9.53 Å². The van der Waals surface area contributed by atoms with Gasteiger partial charge in [0.1, 0.15) is 23.6 Å². The molecule has 0 radical (unpaired) electrons. The molecule has 0 amide bonds. The number of rotatable bonds is 11. The smallest absolute Gasteiger partial charge is 0.179 e. The topological polar surface area (TPSA) is 95.9 Å². The molecule has 5 rings (SSSR count). The molecule has 41 heavy (non-hydrogen) atoms. The Labute approximate surface area is 250 Å². The fourth-order valence-corrected chi connectivity index (χ4v) is 5.86. The Morgan fingerprint density at radius 3 is 2.54 bits per heavy atom. The molecule has 2 N–H and O–H groups in total. The van der Waals surface area contributed by atoms with Crippen molar-refractivity contribution in [3.63, 3.8) is 0 Å². The maximum atomic E-state index is 11.3. The van der Waals surface area contributed by atoms with Crippen molar-refractivity contribution in [3.8, 4) is 17.6 Å². The Morgan fingerprint density at radius 2 is 1.88 bits per heavy atom. The molecule has 2 heterocycles. The zero-order valence-corrected chi connectivity index (χ0v) is 25.0. The van der Waals surface area contributed by atoms with Crippen LogP contribution in [0.25, 0.3) is 0 Å². The van der Waals surface area contributed by atoms with Gasteiger partial charge in [0.2, 0.25) is 0 Å². The van der Waals surface area contributed by atoms with Crippen molar-refractivity contribution in [2.24, 2.45) is 0 Å². The first-order valence-corrected chi connectivity index (χ1v) is 15.5. The van der Waals surface area contributed by atoms with Crippen molar-refractivity contribution >= 4 is 35.5 Å². The number of nitriles is 1. The standard InChI is InChI=1S/C17H15NO2S.C14H21N3O2S/c1-2-21-16-9-5-14(6-10-16)17(12-19)20-15-7-3-13(11-18)4-8-15;1-15-14-16-12-3-2-11(10-13(12)20-14)19-9-6-17-4-7-18-8-5-17/h3-10,12,17H,2H2,1H3;2-3,10,14-16H,4-9H2,1H3. The predicted octanol–water partition coefficient (Wildman–Crippen LogP) is 5.41. The van der Waals surface area contributed by atoms with E-state index < -0.39 is 6.10 Å². The average Bonchev–Trinajstić information content (AvgIpc) is 3.44. The molecule has 10 heteroatoms. The van der Waals surface area contributed by atoms with Gasteiger partial charge in [-0.05, 0) is 73.0 Å². The number of anilines is 1. The van der Waals surface area contributed by atoms with Crippen LogP contribution in [0.2, 0.25) is 0 Å². The summed E-state index contributed by atoms with van der Waals surface area (Å²) >= 11 is 3.53. The fourth-order valence-electron chi connectivity index (χ4n) is 4.20. The molecule has 2 atom stereocenters. The highest BCUT2D eigenvalue weighted by Crippen LogP contribution is 2.39. The molecule has 2 unspecified atom stereocenters. The lowest BCUT2D eigenvalue weighted by atomic mass is 10.1. The van der Waals surface area contributed by atoms with Crippen LogP contribution in [0.3, 0.4) is 0 Å². The molecular formula is C31H36N4O4S2. The van der Waals surface area contributed by atoms with Gasteiger partial charge in [-0.25, -0.2) is 0 Å². The molecule has 8 nitrogen and oxygen atoms in total. The van der Waals surface area contributed by atoms with Crippen LogP contribution < -0.4 is 20.1 Å². The van der Waals surface area contributed by atoms with Crippen LogP contribution in [0.15, 0.2) is 76.5 Å². The zero-order valence-electron chi connectivity index (χ0n) is 23.4. The Morgan fingerprint density at radius 1 is 1.15 bits per heavy atom. The van der Waals surface area contributed by atoms with Gasteiger partial charge in [0.15, 0.2) is 12.4 Å². The van der Waals surface area contributed by atoms with E-state index in [2.05, 4.69) is 34.6 Å². The number of benzene rings is 3. The number of nitrogens with one attached hydrogen (secondary N) is 2. The van der Waals surface area contributed by atoms with Crippen LogP contribution in [0.1, 0.15) is 24.2 Å². The molecule has 2 aliphatic rings. The highest BCUT2D eigenvalue weighted by Gasteiger charge is 2.20. The van der Waals surface area contributed by atoms with Gasteiger partial charge in [-0.3, -0.25) is 15.0 Å². The Hall–Kier alpha value is -3.20. The molecule has 2 aliphatic heterocycles. The summed E-state index contributed by atoms with van der Waals surface area (Å²) < 4.78 is 16.9. The number of thioether (sulfide) groups is 2. The third kappa shape index (κ3) is 9.42. The van der Waals surface area contributed by atoms with Gasteiger partial charge < -0.3 is 19.5 Å². The molecule has 0 saturated carbocycles. The molecule has 3 aromatic rings. The quantitative estimate of drug-likeness (QED) is 0.222. The minimum absolute atomic E-state index is 0.258. The first-order chi connectivity index (χ1) is 20.1. The highest BCUT2D eigenvalue weighted by atomic mass is 32.2. The highest BCUT2D eigenvalue weighted by molar-refractivity contribution is 8.00. The summed E-state index contributed by atoms with van der Waals surface area (Å²) in [6.45, 7) is 7.49. The van der Waals surface area contributed by atoms with Crippen LogP contribution in [-0.4, -0.2) is 68.9 Å². The third-order valence-corrected chi connectivity index (χ3v) is 8.49. The van der Waals surface area contributed by atoms with Crippen LogP contribution in [0, 0.1) is 11.3 Å². The van der Waals surface area contributed by atoms with Crippen LogP contribution in [0.5, 0.6) is 11.5 Å². The Balaban J connectivity index is 0.000000189. The van der Waals surface area contributed by atoms with Crippen LogP contribution >= 0.6 is 23.5 Å². The summed E-state index contributed by atoms with van der Waals surface area (Å²) in [5.74, 6) is 2.53. The van der Waals surface area contributed by atoms with Crippen molar-refractivity contribution in [3.05, 3.63) is 77.9 Å². The lowest BCUT2D eigenvalue weighted by Gasteiger charge is -2.26. The summed E-state index contributed by atoms with van der Waals surface area (Å²) in [5.41, 5.74) is 2.81. The predicted molar refractivity (Wildman–Crippen MR) is 165 cm³/mol. The second kappa shape index (κ2) is 16.3. The number of fused-ring (bicyclic) bond motifs is 1. The monoisotopic (exact) mass is 592 g/mol. The summed E-state index contributed by atoms with van der Waals surface area (Å²) in [6.07, 6.45) is 0.138. The number of carbonyl (C=O) groups excluding carboxylic acids is 1. The molecule has 1 fully saturated rings. The van der Waals surface area contributed by atoms with Crippen LogP contribution in [0.4, 0.5) is 5.69 Å². The van der Waals surface area contributed by atoms with E-state index in [1.807, 2.05) is 43.4 Å². The lowest BCUT2D eigenvalue weighted by molar-refractivity contribution is -0.113. The first kappa shape index (κ1) is 30.8. The van der Waals surface area contributed by atoms with E-state index in [1.54, 1.807) is 47.8 Å². The van der Waals surface area contributed by atoms with Gasteiger partial charge in [0, 0.05) is 29.4 Å². The van der Waals surface area contributed by atoms with Crippen molar-refractivity contribution in [1.82, 2.24) is 10.2 Å². The molecule has 0 aliphatic carbocycles. The van der Waals surface area contributed by atoms with E-state index in [0.29, 0.717) is 11.3 Å². The number of hydrogen-bond donors (Lipinski definition) is 2. The van der Waals surface area contributed by atoms with Crippen molar-refractivity contribution < 1.29 is 19.0 Å². The average molecular weight is 593 g/mol. The van der Waals surface area contributed by atoms with Gasteiger partial charge in [-0.1, -0.05) is 30.8 Å². The third-order valence-electron chi connectivity index (χ3n) is 6.42. The Kier molecular flexibility index (Phi) is 12.2. The minimum atomic E-state index is -0.640. The number of hydrogen-bond acceptors (Lipinski definition) is 10. The van der Waals surface area contributed by atoms with E-state index >= 15 is 0 Å². The normalized spacial score (nSPS) is 16.8. The van der Waals surface area contributed by atoms with E-state index in [-0.39, 0.29) is 5.50 Å². The molecule has 0 bridgehead atoms. The summed E-state index contributed by atoms with van der Waals surface area (Å²) in [4.78, 5) is 16.1. The van der Waals surface area contributed by atoms with Gasteiger partial charge >= 0.3 is 0 Å². The summed E-state index contributed by atoms with van der Waals surface area (Å²) in [7, 11) is 1.95. The maximum Gasteiger partial charge on any atom is 0.179 e. The second-order valence-electron chi connectivity index (χ2n) is 9.20. The zero-order chi connectivity index (χ0) is 28.9. The van der Waals surface area contributed by atoms with E-state index in [4.69, 9.17) is 19.5 Å². The number of nitrogens with zero attached hydrogens (tertiary/aromatic N) is 2. The van der Waals surface area contributed by atoms with Gasteiger partial charge in [0.05, 0.1) is 30.5 Å². The number of aldehydes is 1. The fraction of sp³-hybridized carbons (Fsp3) is 0.355. The Bertz CT molecular complexity index is 1280. The van der Waals surface area contributed by atoms with E-state index in [9.17, 15) is 4.79 Å². The maximum absolute atomic E-state index is 11.3. The van der Waals surface area contributed by atoms with Crippen molar-refractivity contribution in [2.45, 2.75) is 28.3 Å². The van der Waals surface area contributed by atoms with E-state index in [0.717, 1.165) is 62.8 Å². The minimum Gasteiger partial charge on any atom is -0.492 e. The largest absolute Gasteiger partial charge is 0.492 e. The number of ether oxygens (including phenoxy) is 3. The van der Waals surface area contributed by atoms with Gasteiger partial charge in [-0.15, -0.1) is 11.8 Å².